The lowest BCUT2D eigenvalue weighted by Crippen LogP contribution is -2.38. The van der Waals surface area contributed by atoms with Gasteiger partial charge in [0.25, 0.3) is 0 Å². The van der Waals surface area contributed by atoms with Gasteiger partial charge in [-0.25, -0.2) is 0 Å². The quantitative estimate of drug-likeness (QED) is 0.681. The summed E-state index contributed by atoms with van der Waals surface area (Å²) in [5.74, 6) is 0. The number of fused-ring (bicyclic) bond motifs is 1. The lowest BCUT2D eigenvalue weighted by atomic mass is 10.1. The van der Waals surface area contributed by atoms with Gasteiger partial charge in [-0.3, -0.25) is 4.99 Å². The van der Waals surface area contributed by atoms with Crippen LogP contribution in [0.3, 0.4) is 0 Å². The van der Waals surface area contributed by atoms with Crippen molar-refractivity contribution >= 4 is 18.2 Å². The molecule has 0 saturated carbocycles. The van der Waals surface area contributed by atoms with Crippen LogP contribution >= 0.6 is 0 Å². The lowest BCUT2D eigenvalue weighted by Gasteiger charge is -2.27. The van der Waals surface area contributed by atoms with E-state index in [-0.39, 0.29) is 6.04 Å². The first-order valence-corrected chi connectivity index (χ1v) is 5.17. The van der Waals surface area contributed by atoms with Crippen LogP contribution in [0, 0.1) is 0 Å². The van der Waals surface area contributed by atoms with Crippen LogP contribution in [0.5, 0.6) is 0 Å². The molecular weight excluding hydrogens is 188 g/mol. The van der Waals surface area contributed by atoms with Gasteiger partial charge in [0.05, 0.1) is 6.54 Å². The van der Waals surface area contributed by atoms with Crippen molar-refractivity contribution in [2.45, 2.75) is 13.0 Å². The number of para-hydroxylation sites is 1. The zero-order valence-electron chi connectivity index (χ0n) is 8.76. The van der Waals surface area contributed by atoms with Crippen molar-refractivity contribution in [3.05, 3.63) is 29.8 Å². The molecule has 1 aromatic rings. The smallest absolute Gasteiger partial charge is 0.144 e. The first kappa shape index (κ1) is 9.90. The molecule has 1 heterocycles. The van der Waals surface area contributed by atoms with E-state index in [1.807, 2.05) is 30.5 Å². The summed E-state index contributed by atoms with van der Waals surface area (Å²) >= 11 is 0. The van der Waals surface area contributed by atoms with Gasteiger partial charge in [-0.05, 0) is 13.0 Å². The molecule has 2 rings (SSSR count). The van der Waals surface area contributed by atoms with Crippen LogP contribution in [0.15, 0.2) is 29.3 Å². The van der Waals surface area contributed by atoms with E-state index in [2.05, 4.69) is 16.8 Å². The number of nitrogens with zero attached hydrogens (tertiary/aromatic N) is 2. The first-order valence-electron chi connectivity index (χ1n) is 5.17. The Morgan fingerprint density at radius 1 is 1.53 bits per heavy atom. The molecule has 3 heteroatoms. The molecule has 0 fully saturated rings. The van der Waals surface area contributed by atoms with Crippen LogP contribution in [-0.4, -0.2) is 31.6 Å². The molecule has 0 amide bonds. The van der Waals surface area contributed by atoms with Gasteiger partial charge in [-0.1, -0.05) is 18.2 Å². The molecule has 1 aliphatic rings. The monoisotopic (exact) mass is 202 g/mol. The Kier molecular flexibility index (Phi) is 2.81. The van der Waals surface area contributed by atoms with E-state index < -0.39 is 0 Å². The summed E-state index contributed by atoms with van der Waals surface area (Å²) in [4.78, 5) is 17.3. The van der Waals surface area contributed by atoms with Crippen LogP contribution in [-0.2, 0) is 4.79 Å². The molecule has 15 heavy (non-hydrogen) atoms. The van der Waals surface area contributed by atoms with Crippen molar-refractivity contribution in [1.29, 1.82) is 0 Å². The number of benzene rings is 1. The van der Waals surface area contributed by atoms with Crippen molar-refractivity contribution < 1.29 is 4.79 Å². The highest BCUT2D eigenvalue weighted by Crippen LogP contribution is 2.22. The van der Waals surface area contributed by atoms with Gasteiger partial charge in [0.2, 0.25) is 0 Å². The van der Waals surface area contributed by atoms with Crippen LogP contribution in [0.1, 0.15) is 12.5 Å². The minimum Gasteiger partial charge on any atom is -0.360 e. The summed E-state index contributed by atoms with van der Waals surface area (Å²) < 4.78 is 0. The van der Waals surface area contributed by atoms with Crippen molar-refractivity contribution in [3.8, 4) is 0 Å². The van der Waals surface area contributed by atoms with Gasteiger partial charge in [-0.2, -0.15) is 0 Å². The Morgan fingerprint density at radius 2 is 2.33 bits per heavy atom. The van der Waals surface area contributed by atoms with E-state index in [4.69, 9.17) is 0 Å². The largest absolute Gasteiger partial charge is 0.360 e. The number of aliphatic imine (C=N–C) groups is 1. The Morgan fingerprint density at radius 3 is 3.07 bits per heavy atom. The zero-order chi connectivity index (χ0) is 10.7. The molecule has 0 radical (unpaired) electrons. The number of benzodiazepines with no additional fused rings is 1. The van der Waals surface area contributed by atoms with E-state index in [0.717, 1.165) is 24.1 Å². The third-order valence-electron chi connectivity index (χ3n) is 2.67. The molecule has 1 atom stereocenters. The normalized spacial score (nSPS) is 19.5. The fourth-order valence-electron chi connectivity index (χ4n) is 1.92. The predicted octanol–water partition coefficient (Wildman–Crippen LogP) is 1.51. The van der Waals surface area contributed by atoms with Gasteiger partial charge < -0.3 is 9.69 Å². The minimum atomic E-state index is -0.130. The maximum atomic E-state index is 11.0. The van der Waals surface area contributed by atoms with Gasteiger partial charge in [0, 0.05) is 24.0 Å². The number of carbonyl (C=O) groups excluding carboxylic acids is 1. The fraction of sp³-hybridized carbons (Fsp3) is 0.333. The lowest BCUT2D eigenvalue weighted by molar-refractivity contribution is -0.108. The topological polar surface area (TPSA) is 32.7 Å². The summed E-state index contributed by atoms with van der Waals surface area (Å²) in [5.41, 5.74) is 2.18. The third-order valence-corrected chi connectivity index (χ3v) is 2.67. The molecule has 1 aliphatic heterocycles. The van der Waals surface area contributed by atoms with E-state index in [1.165, 1.54) is 0 Å². The number of rotatable bonds is 2. The molecule has 0 saturated heterocycles. The highest BCUT2D eigenvalue weighted by Gasteiger charge is 2.20. The van der Waals surface area contributed by atoms with Crippen molar-refractivity contribution in [3.63, 3.8) is 0 Å². The maximum Gasteiger partial charge on any atom is 0.144 e. The molecule has 0 bridgehead atoms. The van der Waals surface area contributed by atoms with Crippen molar-refractivity contribution in [1.82, 2.24) is 0 Å². The first-order chi connectivity index (χ1) is 7.36. The molecule has 0 spiro atoms. The highest BCUT2D eigenvalue weighted by atomic mass is 16.1. The van der Waals surface area contributed by atoms with E-state index in [1.54, 1.807) is 0 Å². The summed E-state index contributed by atoms with van der Waals surface area (Å²) in [7, 11) is 0. The van der Waals surface area contributed by atoms with Crippen LogP contribution in [0.2, 0.25) is 0 Å². The van der Waals surface area contributed by atoms with Crippen LogP contribution < -0.4 is 4.90 Å². The summed E-state index contributed by atoms with van der Waals surface area (Å²) in [6.07, 6.45) is 2.82. The van der Waals surface area contributed by atoms with Gasteiger partial charge in [-0.15, -0.1) is 0 Å². The Labute approximate surface area is 89.4 Å². The van der Waals surface area contributed by atoms with Crippen molar-refractivity contribution in [2.24, 2.45) is 4.99 Å². The molecule has 3 nitrogen and oxygen atoms in total. The molecule has 0 aliphatic carbocycles. The third kappa shape index (κ3) is 1.77. The Bertz CT molecular complexity index is 387. The molecule has 1 aromatic carbocycles. The standard InChI is InChI=1S/C12H14N2O/c1-2-14-11(9-15)8-13-7-10-5-3-4-6-12(10)14/h3-7,9,11H,2,8H2,1H3. The van der Waals surface area contributed by atoms with E-state index in [9.17, 15) is 4.79 Å². The summed E-state index contributed by atoms with van der Waals surface area (Å²) in [6.45, 7) is 3.42. The highest BCUT2D eigenvalue weighted by molar-refractivity contribution is 5.90. The van der Waals surface area contributed by atoms with Gasteiger partial charge >= 0.3 is 0 Å². The molecule has 0 aromatic heterocycles. The van der Waals surface area contributed by atoms with Gasteiger partial charge in [0.1, 0.15) is 12.3 Å². The van der Waals surface area contributed by atoms with E-state index in [0.29, 0.717) is 6.54 Å². The second-order valence-corrected chi connectivity index (χ2v) is 3.54. The number of anilines is 1. The molecule has 0 N–H and O–H groups in total. The van der Waals surface area contributed by atoms with Gasteiger partial charge in [0.15, 0.2) is 0 Å². The second kappa shape index (κ2) is 4.26. The number of aldehydes is 1. The van der Waals surface area contributed by atoms with E-state index >= 15 is 0 Å². The zero-order valence-corrected chi connectivity index (χ0v) is 8.76. The fourth-order valence-corrected chi connectivity index (χ4v) is 1.92. The van der Waals surface area contributed by atoms with Crippen LogP contribution in [0.4, 0.5) is 5.69 Å². The second-order valence-electron chi connectivity index (χ2n) is 3.54. The Hall–Kier alpha value is -1.64. The average Bonchev–Trinajstić information content (AvgIpc) is 2.47. The molecule has 78 valence electrons. The Balaban J connectivity index is 2.47. The summed E-state index contributed by atoms with van der Waals surface area (Å²) in [5, 5.41) is 0. The predicted molar refractivity (Wildman–Crippen MR) is 61.8 cm³/mol. The minimum absolute atomic E-state index is 0.130. The van der Waals surface area contributed by atoms with Crippen LogP contribution in [0.25, 0.3) is 0 Å². The maximum absolute atomic E-state index is 11.0. The SMILES string of the molecule is CCN1c2ccccc2C=NCC1C=O. The molecule has 1 unspecified atom stereocenters. The average molecular weight is 202 g/mol. The summed E-state index contributed by atoms with van der Waals surface area (Å²) in [6, 6.07) is 7.90. The van der Waals surface area contributed by atoms with Crippen molar-refractivity contribution in [2.75, 3.05) is 18.0 Å². The molecular formula is C12H14N2O. The number of hydrogen-bond donors (Lipinski definition) is 0. The number of likely N-dealkylation sites (N-methyl/N-ethyl adjacent to an activating group) is 1. The number of hydrogen-bond acceptors (Lipinski definition) is 3. The number of carbonyl (C=O) groups is 1.